The van der Waals surface area contributed by atoms with Crippen LogP contribution in [0.3, 0.4) is 0 Å². The van der Waals surface area contributed by atoms with Crippen molar-refractivity contribution in [2.24, 2.45) is 0 Å². The molecular weight excluding hydrogens is 220 g/mol. The van der Waals surface area contributed by atoms with Crippen molar-refractivity contribution in [2.45, 2.75) is 51.6 Å². The van der Waals surface area contributed by atoms with Gasteiger partial charge in [-0.3, -0.25) is 14.5 Å². The zero-order chi connectivity index (χ0) is 12.8. The molecule has 1 amide bonds. The van der Waals surface area contributed by atoms with E-state index in [0.29, 0.717) is 6.54 Å². The van der Waals surface area contributed by atoms with Crippen molar-refractivity contribution < 1.29 is 14.7 Å². The standard InChI is InChI=1S/C12H22N2O3/c1-3-4-7-14-9(2)5-6-13-12(17)10(14)8-11(15)16/h9-10H,3-8H2,1-2H3,(H,13,17)(H,15,16). The number of nitrogens with zero attached hydrogens (tertiary/aromatic N) is 1. The maximum atomic E-state index is 11.9. The summed E-state index contributed by atoms with van der Waals surface area (Å²) in [6.45, 7) is 5.58. The number of amides is 1. The fourth-order valence-electron chi connectivity index (χ4n) is 2.24. The SMILES string of the molecule is CCCCN1C(C)CCNC(=O)C1CC(=O)O. The minimum absolute atomic E-state index is 0.111. The maximum Gasteiger partial charge on any atom is 0.305 e. The number of hydrogen-bond donors (Lipinski definition) is 2. The number of nitrogens with one attached hydrogen (secondary N) is 1. The van der Waals surface area contributed by atoms with Crippen LogP contribution in [0.2, 0.25) is 0 Å². The number of carboxylic acids is 1. The van der Waals surface area contributed by atoms with E-state index < -0.39 is 12.0 Å². The lowest BCUT2D eigenvalue weighted by Crippen LogP contribution is -2.48. The highest BCUT2D eigenvalue weighted by molar-refractivity contribution is 5.86. The Kier molecular flexibility index (Phi) is 5.41. The monoisotopic (exact) mass is 242 g/mol. The lowest BCUT2D eigenvalue weighted by molar-refractivity contribution is -0.142. The molecule has 1 heterocycles. The number of carboxylic acid groups (broad SMARTS) is 1. The predicted molar refractivity (Wildman–Crippen MR) is 64.7 cm³/mol. The van der Waals surface area contributed by atoms with Crippen molar-refractivity contribution in [1.82, 2.24) is 10.2 Å². The highest BCUT2D eigenvalue weighted by atomic mass is 16.4. The van der Waals surface area contributed by atoms with Gasteiger partial charge < -0.3 is 10.4 Å². The van der Waals surface area contributed by atoms with Crippen LogP contribution in [0, 0.1) is 0 Å². The second-order valence-corrected chi connectivity index (χ2v) is 4.63. The first-order valence-corrected chi connectivity index (χ1v) is 6.31. The number of rotatable bonds is 5. The van der Waals surface area contributed by atoms with Crippen molar-refractivity contribution in [3.8, 4) is 0 Å². The Morgan fingerprint density at radius 1 is 1.59 bits per heavy atom. The first-order valence-electron chi connectivity index (χ1n) is 6.31. The zero-order valence-corrected chi connectivity index (χ0v) is 10.6. The average Bonchev–Trinajstić information content (AvgIpc) is 2.38. The smallest absolute Gasteiger partial charge is 0.305 e. The molecule has 1 fully saturated rings. The van der Waals surface area contributed by atoms with E-state index in [1.165, 1.54) is 0 Å². The van der Waals surface area contributed by atoms with E-state index in [-0.39, 0.29) is 18.4 Å². The molecule has 5 heteroatoms. The highest BCUT2D eigenvalue weighted by Crippen LogP contribution is 2.16. The topological polar surface area (TPSA) is 69.6 Å². The third-order valence-corrected chi connectivity index (χ3v) is 3.27. The molecule has 2 unspecified atom stereocenters. The van der Waals surface area contributed by atoms with Crippen molar-refractivity contribution in [1.29, 1.82) is 0 Å². The summed E-state index contributed by atoms with van der Waals surface area (Å²) in [5, 5.41) is 11.7. The van der Waals surface area contributed by atoms with Gasteiger partial charge in [-0.1, -0.05) is 13.3 Å². The van der Waals surface area contributed by atoms with Gasteiger partial charge in [0.05, 0.1) is 12.5 Å². The van der Waals surface area contributed by atoms with Gasteiger partial charge in [0.1, 0.15) is 0 Å². The molecule has 2 N–H and O–H groups in total. The van der Waals surface area contributed by atoms with Crippen molar-refractivity contribution >= 4 is 11.9 Å². The molecule has 1 saturated heterocycles. The van der Waals surface area contributed by atoms with Crippen LogP contribution >= 0.6 is 0 Å². The molecule has 0 aromatic heterocycles. The van der Waals surface area contributed by atoms with E-state index in [1.54, 1.807) is 0 Å². The third kappa shape index (κ3) is 4.00. The molecule has 0 saturated carbocycles. The molecular formula is C12H22N2O3. The molecule has 98 valence electrons. The van der Waals surface area contributed by atoms with Crippen LogP contribution in [0.25, 0.3) is 0 Å². The zero-order valence-electron chi connectivity index (χ0n) is 10.6. The molecule has 0 bridgehead atoms. The van der Waals surface area contributed by atoms with Gasteiger partial charge in [-0.2, -0.15) is 0 Å². The lowest BCUT2D eigenvalue weighted by atomic mass is 10.1. The summed E-state index contributed by atoms with van der Waals surface area (Å²) in [7, 11) is 0. The molecule has 1 rings (SSSR count). The fourth-order valence-corrected chi connectivity index (χ4v) is 2.24. The van der Waals surface area contributed by atoms with E-state index in [0.717, 1.165) is 25.8 Å². The quantitative estimate of drug-likeness (QED) is 0.749. The molecule has 17 heavy (non-hydrogen) atoms. The summed E-state index contributed by atoms with van der Waals surface area (Å²) in [5.41, 5.74) is 0. The van der Waals surface area contributed by atoms with Gasteiger partial charge in [-0.05, 0) is 26.3 Å². The highest BCUT2D eigenvalue weighted by Gasteiger charge is 2.33. The Morgan fingerprint density at radius 2 is 2.29 bits per heavy atom. The minimum atomic E-state index is -0.916. The number of aliphatic carboxylic acids is 1. The summed E-state index contributed by atoms with van der Waals surface area (Å²) < 4.78 is 0. The lowest BCUT2D eigenvalue weighted by Gasteiger charge is -2.32. The molecule has 0 aliphatic carbocycles. The van der Waals surface area contributed by atoms with Crippen LogP contribution in [-0.4, -0.2) is 47.1 Å². The van der Waals surface area contributed by atoms with E-state index in [9.17, 15) is 9.59 Å². The normalized spacial score (nSPS) is 26.4. The number of hydrogen-bond acceptors (Lipinski definition) is 3. The first kappa shape index (κ1) is 14.0. The van der Waals surface area contributed by atoms with Gasteiger partial charge in [0.15, 0.2) is 0 Å². The molecule has 5 nitrogen and oxygen atoms in total. The minimum Gasteiger partial charge on any atom is -0.481 e. The van der Waals surface area contributed by atoms with Crippen LogP contribution in [-0.2, 0) is 9.59 Å². The van der Waals surface area contributed by atoms with E-state index >= 15 is 0 Å². The van der Waals surface area contributed by atoms with Gasteiger partial charge in [-0.25, -0.2) is 0 Å². The maximum absolute atomic E-state index is 11.9. The van der Waals surface area contributed by atoms with Gasteiger partial charge >= 0.3 is 5.97 Å². The van der Waals surface area contributed by atoms with Crippen LogP contribution < -0.4 is 5.32 Å². The summed E-state index contributed by atoms with van der Waals surface area (Å²) >= 11 is 0. The number of carbonyl (C=O) groups is 2. The molecule has 1 aliphatic heterocycles. The average molecular weight is 242 g/mol. The molecule has 2 atom stereocenters. The molecule has 0 aromatic carbocycles. The summed E-state index contributed by atoms with van der Waals surface area (Å²) in [4.78, 5) is 24.7. The van der Waals surface area contributed by atoms with Gasteiger partial charge in [-0.15, -0.1) is 0 Å². The van der Waals surface area contributed by atoms with Gasteiger partial charge in [0.25, 0.3) is 0 Å². The third-order valence-electron chi connectivity index (χ3n) is 3.27. The Hall–Kier alpha value is -1.10. The Morgan fingerprint density at radius 3 is 2.88 bits per heavy atom. The van der Waals surface area contributed by atoms with Crippen molar-refractivity contribution in [3.05, 3.63) is 0 Å². The Balaban J connectivity index is 2.78. The van der Waals surface area contributed by atoms with Gasteiger partial charge in [0, 0.05) is 12.6 Å². The fraction of sp³-hybridized carbons (Fsp3) is 0.833. The Bertz CT molecular complexity index is 281. The van der Waals surface area contributed by atoms with Crippen LogP contribution in [0.5, 0.6) is 0 Å². The molecule has 0 radical (unpaired) electrons. The summed E-state index contributed by atoms with van der Waals surface area (Å²) in [6, 6.07) is -0.263. The van der Waals surface area contributed by atoms with Crippen LogP contribution in [0.1, 0.15) is 39.5 Å². The summed E-state index contributed by atoms with van der Waals surface area (Å²) in [6.07, 6.45) is 2.81. The van der Waals surface area contributed by atoms with Gasteiger partial charge in [0.2, 0.25) is 5.91 Å². The Labute approximate surface area is 102 Å². The van der Waals surface area contributed by atoms with E-state index in [4.69, 9.17) is 5.11 Å². The van der Waals surface area contributed by atoms with Crippen LogP contribution in [0.4, 0.5) is 0 Å². The first-order chi connectivity index (χ1) is 8.06. The van der Waals surface area contributed by atoms with Crippen molar-refractivity contribution in [3.63, 3.8) is 0 Å². The second kappa shape index (κ2) is 6.59. The molecule has 0 aromatic rings. The second-order valence-electron chi connectivity index (χ2n) is 4.63. The largest absolute Gasteiger partial charge is 0.481 e. The van der Waals surface area contributed by atoms with Crippen molar-refractivity contribution in [2.75, 3.05) is 13.1 Å². The van der Waals surface area contributed by atoms with Crippen LogP contribution in [0.15, 0.2) is 0 Å². The number of unbranched alkanes of at least 4 members (excludes halogenated alkanes) is 1. The van der Waals surface area contributed by atoms with E-state index in [2.05, 4.69) is 19.2 Å². The predicted octanol–water partition coefficient (Wildman–Crippen LogP) is 0.840. The number of carbonyl (C=O) groups excluding carboxylic acids is 1. The molecule has 1 aliphatic rings. The van der Waals surface area contributed by atoms with E-state index in [1.807, 2.05) is 4.90 Å². The summed E-state index contributed by atoms with van der Waals surface area (Å²) in [5.74, 6) is -1.06. The molecule has 0 spiro atoms.